The molecule has 0 saturated carbocycles. The fourth-order valence-electron chi connectivity index (χ4n) is 2.57. The lowest BCUT2D eigenvalue weighted by molar-refractivity contribution is 0.00701. The first kappa shape index (κ1) is 20.1. The van der Waals surface area contributed by atoms with Crippen LogP contribution in [0.5, 0.6) is 0 Å². The van der Waals surface area contributed by atoms with Gasteiger partial charge in [-0.15, -0.1) is 0 Å². The van der Waals surface area contributed by atoms with Crippen molar-refractivity contribution in [1.29, 1.82) is 0 Å². The molecule has 2 heterocycles. The molecule has 2 rings (SSSR count). The summed E-state index contributed by atoms with van der Waals surface area (Å²) in [6.07, 6.45) is 4.56. The van der Waals surface area contributed by atoms with Crippen molar-refractivity contribution in [3.05, 3.63) is 18.0 Å². The van der Waals surface area contributed by atoms with Gasteiger partial charge < -0.3 is 20.3 Å². The third-order valence-corrected chi connectivity index (χ3v) is 3.80. The van der Waals surface area contributed by atoms with E-state index < -0.39 is 5.60 Å². The number of rotatable bonds is 6. The van der Waals surface area contributed by atoms with Gasteiger partial charge in [0, 0.05) is 38.9 Å². The fourth-order valence-corrected chi connectivity index (χ4v) is 2.57. The summed E-state index contributed by atoms with van der Waals surface area (Å²) in [5.41, 5.74) is 0.710. The Hall–Kier alpha value is -2.25. The van der Waals surface area contributed by atoms with Crippen molar-refractivity contribution in [2.45, 2.75) is 59.2 Å². The van der Waals surface area contributed by atoms with Crippen LogP contribution in [-0.4, -0.2) is 64.6 Å². The summed E-state index contributed by atoms with van der Waals surface area (Å²) in [4.78, 5) is 18.3. The zero-order valence-corrected chi connectivity index (χ0v) is 16.6. The first-order valence-corrected chi connectivity index (χ1v) is 9.28. The van der Waals surface area contributed by atoms with Crippen molar-refractivity contribution < 1.29 is 9.53 Å². The lowest BCUT2D eigenvalue weighted by atomic mass is 10.1. The van der Waals surface area contributed by atoms with E-state index in [1.165, 1.54) is 5.56 Å². The topological polar surface area (TPSA) is 83.8 Å². The molecule has 1 saturated heterocycles. The molecule has 0 aliphatic carbocycles. The summed E-state index contributed by atoms with van der Waals surface area (Å²) in [6, 6.07) is 0.203. The number of likely N-dealkylation sites (tertiary alicyclic amines) is 1. The van der Waals surface area contributed by atoms with Gasteiger partial charge in [0.05, 0.1) is 12.2 Å². The van der Waals surface area contributed by atoms with Crippen LogP contribution in [0.2, 0.25) is 0 Å². The van der Waals surface area contributed by atoms with Gasteiger partial charge in [0.2, 0.25) is 0 Å². The molecular weight excluding hydrogens is 332 g/mol. The SMILES string of the molecule is CCNC(=NCCCn1cc(C)cn1)NC1CN(C(=O)OC(C)(C)C)C1. The second kappa shape index (κ2) is 8.91. The van der Waals surface area contributed by atoms with Crippen molar-refractivity contribution in [2.24, 2.45) is 4.99 Å². The maximum atomic E-state index is 12.0. The Morgan fingerprint density at radius 2 is 2.15 bits per heavy atom. The Bertz CT molecular complexity index is 613. The molecule has 1 aromatic heterocycles. The van der Waals surface area contributed by atoms with Gasteiger partial charge in [0.15, 0.2) is 5.96 Å². The third-order valence-electron chi connectivity index (χ3n) is 3.80. The largest absolute Gasteiger partial charge is 0.444 e. The van der Waals surface area contributed by atoms with E-state index in [-0.39, 0.29) is 12.1 Å². The molecule has 1 fully saturated rings. The predicted octanol–water partition coefficient (Wildman–Crippen LogP) is 1.76. The molecule has 1 aliphatic heterocycles. The van der Waals surface area contributed by atoms with Crippen molar-refractivity contribution in [1.82, 2.24) is 25.3 Å². The average molecular weight is 364 g/mol. The second-order valence-electron chi connectivity index (χ2n) is 7.62. The molecule has 26 heavy (non-hydrogen) atoms. The number of carbonyl (C=O) groups excluding carboxylic acids is 1. The Labute approximate surface area is 156 Å². The third kappa shape index (κ3) is 6.57. The minimum absolute atomic E-state index is 0.203. The molecule has 1 amide bonds. The van der Waals surface area contributed by atoms with Crippen LogP contribution in [0, 0.1) is 6.92 Å². The smallest absolute Gasteiger partial charge is 0.410 e. The Kier molecular flexibility index (Phi) is 6.88. The van der Waals surface area contributed by atoms with Gasteiger partial charge in [-0.3, -0.25) is 9.67 Å². The minimum atomic E-state index is -0.459. The van der Waals surface area contributed by atoms with Crippen LogP contribution in [0.25, 0.3) is 0 Å². The quantitative estimate of drug-likeness (QED) is 0.456. The normalized spacial score (nSPS) is 15.6. The summed E-state index contributed by atoms with van der Waals surface area (Å²) >= 11 is 0. The summed E-state index contributed by atoms with van der Waals surface area (Å²) in [5, 5.41) is 10.9. The number of nitrogens with zero attached hydrogens (tertiary/aromatic N) is 4. The maximum absolute atomic E-state index is 12.0. The first-order valence-electron chi connectivity index (χ1n) is 9.28. The number of hydrogen-bond acceptors (Lipinski definition) is 4. The number of carbonyl (C=O) groups is 1. The Morgan fingerprint density at radius 1 is 1.42 bits per heavy atom. The van der Waals surface area contributed by atoms with E-state index in [1.807, 2.05) is 51.7 Å². The van der Waals surface area contributed by atoms with Crippen molar-refractivity contribution in [3.63, 3.8) is 0 Å². The van der Waals surface area contributed by atoms with Crippen LogP contribution in [0.1, 0.15) is 39.7 Å². The predicted molar refractivity (Wildman–Crippen MR) is 102 cm³/mol. The van der Waals surface area contributed by atoms with Crippen LogP contribution in [0.3, 0.4) is 0 Å². The van der Waals surface area contributed by atoms with E-state index in [0.29, 0.717) is 13.1 Å². The Morgan fingerprint density at radius 3 is 2.73 bits per heavy atom. The maximum Gasteiger partial charge on any atom is 0.410 e. The molecule has 8 heteroatoms. The number of amides is 1. The highest BCUT2D eigenvalue weighted by Gasteiger charge is 2.34. The monoisotopic (exact) mass is 364 g/mol. The fraction of sp³-hybridized carbons (Fsp3) is 0.722. The number of guanidine groups is 1. The van der Waals surface area contributed by atoms with Crippen molar-refractivity contribution in [2.75, 3.05) is 26.2 Å². The van der Waals surface area contributed by atoms with Crippen molar-refractivity contribution in [3.8, 4) is 0 Å². The van der Waals surface area contributed by atoms with Gasteiger partial charge in [-0.25, -0.2) is 4.79 Å². The van der Waals surface area contributed by atoms with E-state index in [4.69, 9.17) is 4.74 Å². The molecule has 0 atom stereocenters. The summed E-state index contributed by atoms with van der Waals surface area (Å²) < 4.78 is 7.31. The lowest BCUT2D eigenvalue weighted by Crippen LogP contribution is -2.63. The zero-order chi connectivity index (χ0) is 19.2. The molecule has 0 unspecified atom stereocenters. The lowest BCUT2D eigenvalue weighted by Gasteiger charge is -2.40. The molecule has 0 radical (unpaired) electrons. The summed E-state index contributed by atoms with van der Waals surface area (Å²) in [5.74, 6) is 0.790. The van der Waals surface area contributed by atoms with Gasteiger partial charge in [-0.05, 0) is 46.6 Å². The molecule has 2 N–H and O–H groups in total. The number of aliphatic imine (C=N–C) groups is 1. The Balaban J connectivity index is 1.72. The van der Waals surface area contributed by atoms with Gasteiger partial charge in [0.25, 0.3) is 0 Å². The molecule has 8 nitrogen and oxygen atoms in total. The average Bonchev–Trinajstić information content (AvgIpc) is 2.90. The molecule has 1 aliphatic rings. The minimum Gasteiger partial charge on any atom is -0.444 e. The van der Waals surface area contributed by atoms with Gasteiger partial charge in [-0.2, -0.15) is 5.10 Å². The van der Waals surface area contributed by atoms with Crippen LogP contribution in [0.15, 0.2) is 17.4 Å². The van der Waals surface area contributed by atoms with Crippen LogP contribution < -0.4 is 10.6 Å². The number of hydrogen-bond donors (Lipinski definition) is 2. The van der Waals surface area contributed by atoms with Crippen LogP contribution in [0.4, 0.5) is 4.79 Å². The van der Waals surface area contributed by atoms with E-state index in [9.17, 15) is 4.79 Å². The van der Waals surface area contributed by atoms with Crippen molar-refractivity contribution >= 4 is 12.1 Å². The van der Waals surface area contributed by atoms with Gasteiger partial charge in [-0.1, -0.05) is 0 Å². The highest BCUT2D eigenvalue weighted by Crippen LogP contribution is 2.15. The van der Waals surface area contributed by atoms with Crippen LogP contribution in [-0.2, 0) is 11.3 Å². The number of aryl methyl sites for hydroxylation is 2. The number of nitrogens with one attached hydrogen (secondary N) is 2. The molecule has 0 spiro atoms. The van der Waals surface area contributed by atoms with Crippen LogP contribution >= 0.6 is 0 Å². The first-order chi connectivity index (χ1) is 12.3. The summed E-state index contributed by atoms with van der Waals surface area (Å²) in [7, 11) is 0. The molecular formula is C18H32N6O2. The number of aromatic nitrogens is 2. The van der Waals surface area contributed by atoms with E-state index in [0.717, 1.165) is 32.0 Å². The molecule has 146 valence electrons. The molecule has 1 aromatic rings. The molecule has 0 aromatic carbocycles. The standard InChI is InChI=1S/C18H32N6O2/c1-6-19-16(20-8-7-9-24-11-14(2)10-21-24)22-15-12-23(13-15)17(25)26-18(3,4)5/h10-11,15H,6-9,12-13H2,1-5H3,(H2,19,20,22). The van der Waals surface area contributed by atoms with E-state index >= 15 is 0 Å². The molecule has 0 bridgehead atoms. The highest BCUT2D eigenvalue weighted by atomic mass is 16.6. The second-order valence-corrected chi connectivity index (χ2v) is 7.62. The zero-order valence-electron chi connectivity index (χ0n) is 16.6. The van der Waals surface area contributed by atoms with Gasteiger partial charge in [0.1, 0.15) is 5.60 Å². The summed E-state index contributed by atoms with van der Waals surface area (Å²) in [6.45, 7) is 13.3. The number of ether oxygens (including phenoxy) is 1. The van der Waals surface area contributed by atoms with Gasteiger partial charge >= 0.3 is 6.09 Å². The van der Waals surface area contributed by atoms with E-state index in [1.54, 1.807) is 4.90 Å². The highest BCUT2D eigenvalue weighted by molar-refractivity contribution is 5.80. The van der Waals surface area contributed by atoms with E-state index in [2.05, 4.69) is 20.7 Å².